The van der Waals surface area contributed by atoms with E-state index in [1.54, 1.807) is 6.92 Å². The minimum atomic E-state index is -1.05. The molecule has 0 aromatic rings. The van der Waals surface area contributed by atoms with Crippen molar-refractivity contribution in [2.24, 2.45) is 0 Å². The van der Waals surface area contributed by atoms with Crippen molar-refractivity contribution < 1.29 is 34.8 Å². The molecule has 0 aliphatic carbocycles. The first-order valence-corrected chi connectivity index (χ1v) is 10.1. The van der Waals surface area contributed by atoms with Gasteiger partial charge in [0.25, 0.3) is 0 Å². The van der Waals surface area contributed by atoms with Gasteiger partial charge in [-0.3, -0.25) is 0 Å². The Kier molecular flexibility index (Phi) is 5.21. The van der Waals surface area contributed by atoms with Crippen LogP contribution in [0.4, 0.5) is 0 Å². The van der Waals surface area contributed by atoms with Crippen LogP contribution in [0.3, 0.4) is 0 Å². The van der Waals surface area contributed by atoms with E-state index >= 15 is 0 Å². The van der Waals surface area contributed by atoms with Crippen molar-refractivity contribution >= 4 is 0 Å². The second kappa shape index (κ2) is 4.71. The molecular weight excluding hydrogens is 293 g/mol. The Morgan fingerprint density at radius 1 is 1.50 bits per heavy atom. The van der Waals surface area contributed by atoms with Crippen molar-refractivity contribution in [2.45, 2.75) is 27.5 Å². The van der Waals surface area contributed by atoms with Crippen molar-refractivity contribution in [1.82, 2.24) is 0 Å². The molecule has 0 aliphatic heterocycles. The molecule has 0 saturated carbocycles. The van der Waals surface area contributed by atoms with Gasteiger partial charge in [0, 0.05) is 0 Å². The van der Waals surface area contributed by atoms with Crippen LogP contribution in [0.2, 0.25) is 3.93 Å². The molecule has 46 valence electrons. The molecule has 2 atom stereocenters. The molecule has 3 heteroatoms. The second-order valence-corrected chi connectivity index (χ2v) is 11.5. The molecule has 0 saturated heterocycles. The molecular formula is C5H12HgO2. The first-order valence-electron chi connectivity index (χ1n) is 3.04. The molecule has 0 fully saturated rings. The van der Waals surface area contributed by atoms with Crippen LogP contribution < -0.4 is 0 Å². The Morgan fingerprint density at radius 2 is 2.00 bits per heavy atom. The standard InChI is InChI=1S/C3H7O2.C2H5.Hg/c1-3(5)2-4;1-2;/h2-5H,1H3;1H2,2H3;. The van der Waals surface area contributed by atoms with Gasteiger partial charge in [0.15, 0.2) is 0 Å². The van der Waals surface area contributed by atoms with Crippen LogP contribution in [0, 0.1) is 0 Å². The monoisotopic (exact) mass is 306 g/mol. The van der Waals surface area contributed by atoms with E-state index in [4.69, 9.17) is 10.2 Å². The fraction of sp³-hybridized carbons (Fsp3) is 1.00. The number of hydrogen-bond acceptors (Lipinski definition) is 2. The number of hydrogen-bond donors (Lipinski definition) is 2. The van der Waals surface area contributed by atoms with Crippen LogP contribution in [0.15, 0.2) is 0 Å². The van der Waals surface area contributed by atoms with Crippen molar-refractivity contribution in [3.05, 3.63) is 0 Å². The Labute approximate surface area is 62.3 Å². The van der Waals surface area contributed by atoms with Gasteiger partial charge in [-0.1, -0.05) is 0 Å². The van der Waals surface area contributed by atoms with Gasteiger partial charge in [0.05, 0.1) is 0 Å². The van der Waals surface area contributed by atoms with Gasteiger partial charge in [-0.05, 0) is 0 Å². The molecule has 0 bridgehead atoms. The van der Waals surface area contributed by atoms with Crippen LogP contribution in [-0.2, 0) is 24.6 Å². The maximum atomic E-state index is 8.98. The molecule has 0 aromatic heterocycles. The molecule has 0 amide bonds. The molecule has 2 N–H and O–H groups in total. The number of aliphatic hydroxyl groups is 2. The van der Waals surface area contributed by atoms with Gasteiger partial charge in [-0.2, -0.15) is 0 Å². The van der Waals surface area contributed by atoms with Gasteiger partial charge in [0.2, 0.25) is 0 Å². The molecule has 2 nitrogen and oxygen atoms in total. The second-order valence-electron chi connectivity index (χ2n) is 2.10. The maximum absolute atomic E-state index is 8.98. The summed E-state index contributed by atoms with van der Waals surface area (Å²) in [5.74, 6) is 0. The van der Waals surface area contributed by atoms with E-state index in [-0.39, 0.29) is 3.61 Å². The van der Waals surface area contributed by atoms with E-state index in [9.17, 15) is 0 Å². The topological polar surface area (TPSA) is 40.5 Å². The Hall–Kier alpha value is 0.855. The van der Waals surface area contributed by atoms with Crippen molar-refractivity contribution in [3.63, 3.8) is 0 Å². The van der Waals surface area contributed by atoms with Gasteiger partial charge < -0.3 is 0 Å². The molecule has 0 aromatic carbocycles. The third-order valence-electron chi connectivity index (χ3n) is 1.14. The van der Waals surface area contributed by atoms with Gasteiger partial charge in [-0.15, -0.1) is 0 Å². The fourth-order valence-electron chi connectivity index (χ4n) is 0.537. The summed E-state index contributed by atoms with van der Waals surface area (Å²) < 4.78 is 0.839. The normalized spacial score (nSPS) is 17.0. The summed E-state index contributed by atoms with van der Waals surface area (Å²) in [4.78, 5) is 0. The van der Waals surface area contributed by atoms with E-state index < -0.39 is 30.7 Å². The molecule has 0 radical (unpaired) electrons. The van der Waals surface area contributed by atoms with E-state index in [1.807, 2.05) is 0 Å². The minimum absolute atomic E-state index is 0.306. The van der Waals surface area contributed by atoms with Crippen LogP contribution in [0.5, 0.6) is 0 Å². The predicted molar refractivity (Wildman–Crippen MR) is 28.2 cm³/mol. The van der Waals surface area contributed by atoms with E-state index in [0.717, 1.165) is 3.93 Å². The van der Waals surface area contributed by atoms with Gasteiger partial charge in [0.1, 0.15) is 0 Å². The third-order valence-corrected chi connectivity index (χ3v) is 8.34. The average molecular weight is 305 g/mol. The van der Waals surface area contributed by atoms with Crippen LogP contribution in [0.1, 0.15) is 13.8 Å². The SMILES string of the molecule is C[CH2][Hg][CH](O)C(C)O. The molecule has 0 spiro atoms. The number of aliphatic hydroxyl groups excluding tert-OH is 2. The van der Waals surface area contributed by atoms with Gasteiger partial charge in [-0.25, -0.2) is 0 Å². The van der Waals surface area contributed by atoms with Crippen LogP contribution >= 0.6 is 0 Å². The summed E-state index contributed by atoms with van der Waals surface area (Å²) in [6.07, 6.45) is -0.475. The molecule has 0 heterocycles. The van der Waals surface area contributed by atoms with Crippen molar-refractivity contribution in [1.29, 1.82) is 0 Å². The first-order chi connectivity index (χ1) is 3.68. The van der Waals surface area contributed by atoms with E-state index in [1.165, 1.54) is 0 Å². The van der Waals surface area contributed by atoms with E-state index in [0.29, 0.717) is 0 Å². The Bertz CT molecular complexity index is 56.4. The number of rotatable bonds is 3. The quantitative estimate of drug-likeness (QED) is 0.732. The fourth-order valence-corrected chi connectivity index (χ4v) is 4.71. The predicted octanol–water partition coefficient (Wildman–Crippen LogP) is 0.206. The first kappa shape index (κ1) is 8.86. The third kappa shape index (κ3) is 3.81. The van der Waals surface area contributed by atoms with Crippen LogP contribution in [-0.4, -0.2) is 19.9 Å². The summed E-state index contributed by atoms with van der Waals surface area (Å²) in [6, 6.07) is 0. The van der Waals surface area contributed by atoms with Gasteiger partial charge >= 0.3 is 62.3 Å². The average Bonchev–Trinajstić information content (AvgIpc) is 1.67. The van der Waals surface area contributed by atoms with Crippen molar-refractivity contribution in [2.75, 3.05) is 0 Å². The Morgan fingerprint density at radius 3 is 2.12 bits per heavy atom. The summed E-state index contributed by atoms with van der Waals surface area (Å²) in [5, 5.41) is 17.7. The zero-order valence-electron chi connectivity index (χ0n) is 5.46. The Balaban J connectivity index is 3.17. The molecule has 2 unspecified atom stereocenters. The zero-order valence-corrected chi connectivity index (χ0v) is 11.0. The van der Waals surface area contributed by atoms with Crippen molar-refractivity contribution in [3.8, 4) is 0 Å². The molecule has 0 rings (SSSR count). The summed E-state index contributed by atoms with van der Waals surface area (Å²) in [5.41, 5.74) is 0. The van der Waals surface area contributed by atoms with Crippen LogP contribution in [0.25, 0.3) is 0 Å². The van der Waals surface area contributed by atoms with E-state index in [2.05, 4.69) is 6.92 Å². The molecule has 0 aliphatic rings. The summed E-state index contributed by atoms with van der Waals surface area (Å²) in [6.45, 7) is 3.73. The molecule has 8 heavy (non-hydrogen) atoms. The zero-order chi connectivity index (χ0) is 6.57. The summed E-state index contributed by atoms with van der Waals surface area (Å²) >= 11 is -1.05. The summed E-state index contributed by atoms with van der Waals surface area (Å²) in [7, 11) is 0.